The first-order valence-corrected chi connectivity index (χ1v) is 4.89. The SMILES string of the molecule is C[NH2+]N=C(N(C)N)C1(C(C)C)CC1. The lowest BCUT2D eigenvalue weighted by Gasteiger charge is -2.25. The third-order valence-electron chi connectivity index (χ3n) is 2.92. The topological polar surface area (TPSA) is 58.2 Å². The number of nitrogens with two attached hydrogens (primary N) is 2. The molecule has 0 bridgehead atoms. The highest BCUT2D eigenvalue weighted by atomic mass is 15.5. The van der Waals surface area contributed by atoms with Gasteiger partial charge in [-0.05, 0) is 18.8 Å². The number of amidine groups is 1. The van der Waals surface area contributed by atoms with Crippen LogP contribution in [0.4, 0.5) is 0 Å². The van der Waals surface area contributed by atoms with Gasteiger partial charge in [-0.3, -0.25) is 5.01 Å². The van der Waals surface area contributed by atoms with Gasteiger partial charge in [0.05, 0.1) is 7.05 Å². The van der Waals surface area contributed by atoms with Gasteiger partial charge in [0.15, 0.2) is 5.84 Å². The molecule has 0 aromatic heterocycles. The molecule has 13 heavy (non-hydrogen) atoms. The van der Waals surface area contributed by atoms with E-state index in [0.717, 1.165) is 5.84 Å². The minimum atomic E-state index is 0.260. The van der Waals surface area contributed by atoms with Crippen molar-refractivity contribution >= 4 is 5.84 Å². The van der Waals surface area contributed by atoms with Crippen molar-refractivity contribution in [2.75, 3.05) is 14.1 Å². The number of hydrogen-bond acceptors (Lipinski definition) is 2. The molecular formula is C9H21N4+. The molecule has 76 valence electrons. The van der Waals surface area contributed by atoms with Gasteiger partial charge in [0.1, 0.15) is 0 Å². The van der Waals surface area contributed by atoms with Crippen molar-refractivity contribution in [3.05, 3.63) is 0 Å². The molecule has 1 fully saturated rings. The number of rotatable bonds is 3. The Labute approximate surface area is 80.1 Å². The van der Waals surface area contributed by atoms with E-state index in [1.165, 1.54) is 12.8 Å². The quantitative estimate of drug-likeness (QED) is 0.275. The summed E-state index contributed by atoms with van der Waals surface area (Å²) in [5.41, 5.74) is 2.08. The van der Waals surface area contributed by atoms with Crippen molar-refractivity contribution in [2.24, 2.45) is 22.3 Å². The molecule has 4 nitrogen and oxygen atoms in total. The highest BCUT2D eigenvalue weighted by molar-refractivity contribution is 5.89. The largest absolute Gasteiger partial charge is 0.297 e. The lowest BCUT2D eigenvalue weighted by molar-refractivity contribution is -0.634. The standard InChI is InChI=1S/C9H20N4/c1-7(2)9(5-6-9)8(12-11-3)13(4)10/h7,11H,5-6,10H2,1-4H3/p+1. The van der Waals surface area contributed by atoms with E-state index in [0.29, 0.717) is 5.92 Å². The van der Waals surface area contributed by atoms with E-state index in [1.54, 1.807) is 5.01 Å². The van der Waals surface area contributed by atoms with Crippen LogP contribution in [0.15, 0.2) is 5.10 Å². The van der Waals surface area contributed by atoms with Crippen molar-refractivity contribution in [2.45, 2.75) is 26.7 Å². The molecule has 1 rings (SSSR count). The minimum absolute atomic E-state index is 0.260. The van der Waals surface area contributed by atoms with Gasteiger partial charge in [0, 0.05) is 12.5 Å². The van der Waals surface area contributed by atoms with E-state index < -0.39 is 0 Å². The first-order valence-electron chi connectivity index (χ1n) is 4.89. The van der Waals surface area contributed by atoms with E-state index >= 15 is 0 Å². The van der Waals surface area contributed by atoms with Gasteiger partial charge in [-0.1, -0.05) is 18.9 Å². The van der Waals surface area contributed by atoms with Crippen LogP contribution in [-0.2, 0) is 0 Å². The monoisotopic (exact) mass is 185 g/mol. The van der Waals surface area contributed by atoms with E-state index in [2.05, 4.69) is 18.9 Å². The number of quaternary nitrogens is 1. The Bertz CT molecular complexity index is 204. The van der Waals surface area contributed by atoms with Crippen LogP contribution in [0.2, 0.25) is 0 Å². The van der Waals surface area contributed by atoms with Crippen molar-refractivity contribution in [3.8, 4) is 0 Å². The molecule has 0 aromatic rings. The Kier molecular flexibility index (Phi) is 2.93. The predicted molar refractivity (Wildman–Crippen MR) is 53.7 cm³/mol. The van der Waals surface area contributed by atoms with Gasteiger partial charge >= 0.3 is 0 Å². The zero-order valence-electron chi connectivity index (χ0n) is 9.04. The molecule has 0 heterocycles. The summed E-state index contributed by atoms with van der Waals surface area (Å²) in [6.07, 6.45) is 2.44. The summed E-state index contributed by atoms with van der Waals surface area (Å²) >= 11 is 0. The number of hydrogen-bond donors (Lipinski definition) is 2. The highest BCUT2D eigenvalue weighted by Gasteiger charge is 2.52. The summed E-state index contributed by atoms with van der Waals surface area (Å²) in [5, 5.41) is 6.03. The lowest BCUT2D eigenvalue weighted by Crippen LogP contribution is -2.74. The molecule has 1 saturated carbocycles. The Hall–Kier alpha value is -0.610. The second-order valence-corrected chi connectivity index (χ2v) is 4.13. The molecule has 0 unspecified atom stereocenters. The van der Waals surface area contributed by atoms with Gasteiger partial charge in [-0.15, -0.1) is 0 Å². The second-order valence-electron chi connectivity index (χ2n) is 4.13. The molecule has 1 aliphatic carbocycles. The summed E-state index contributed by atoms with van der Waals surface area (Å²) in [6.45, 7) is 4.48. The first-order chi connectivity index (χ1) is 6.04. The Morgan fingerprint density at radius 1 is 1.54 bits per heavy atom. The van der Waals surface area contributed by atoms with Crippen LogP contribution in [0.25, 0.3) is 0 Å². The fraction of sp³-hybridized carbons (Fsp3) is 0.889. The van der Waals surface area contributed by atoms with Gasteiger partial charge in [-0.2, -0.15) is 0 Å². The fourth-order valence-electron chi connectivity index (χ4n) is 1.89. The second kappa shape index (κ2) is 3.64. The van der Waals surface area contributed by atoms with Crippen molar-refractivity contribution < 1.29 is 5.43 Å². The molecule has 0 aromatic carbocycles. The highest BCUT2D eigenvalue weighted by Crippen LogP contribution is 2.53. The molecule has 0 saturated heterocycles. The van der Waals surface area contributed by atoms with Crippen LogP contribution in [0.5, 0.6) is 0 Å². The molecule has 4 heteroatoms. The van der Waals surface area contributed by atoms with E-state index in [9.17, 15) is 0 Å². The average Bonchev–Trinajstić information content (AvgIpc) is 2.79. The molecule has 0 atom stereocenters. The third kappa shape index (κ3) is 1.84. The summed E-state index contributed by atoms with van der Waals surface area (Å²) in [5.74, 6) is 7.42. The van der Waals surface area contributed by atoms with Gasteiger partial charge in [0.25, 0.3) is 0 Å². The summed E-state index contributed by atoms with van der Waals surface area (Å²) in [4.78, 5) is 0. The Morgan fingerprint density at radius 2 is 2.08 bits per heavy atom. The van der Waals surface area contributed by atoms with Crippen molar-refractivity contribution in [1.29, 1.82) is 0 Å². The van der Waals surface area contributed by atoms with Gasteiger partial charge in [-0.25, -0.2) is 11.3 Å². The van der Waals surface area contributed by atoms with Crippen LogP contribution in [0.1, 0.15) is 26.7 Å². The maximum atomic E-state index is 5.77. The van der Waals surface area contributed by atoms with Crippen molar-refractivity contribution in [1.82, 2.24) is 5.01 Å². The van der Waals surface area contributed by atoms with E-state index in [1.807, 2.05) is 19.5 Å². The smallest absolute Gasteiger partial charge is 0.180 e. The zero-order valence-corrected chi connectivity index (χ0v) is 9.04. The molecule has 0 spiro atoms. The third-order valence-corrected chi connectivity index (χ3v) is 2.92. The zero-order chi connectivity index (χ0) is 10.1. The van der Waals surface area contributed by atoms with Gasteiger partial charge in [0.2, 0.25) is 0 Å². The summed E-state index contributed by atoms with van der Waals surface area (Å²) < 4.78 is 0. The first kappa shape index (κ1) is 10.5. The summed E-state index contributed by atoms with van der Waals surface area (Å²) in [7, 11) is 3.80. The molecule has 1 aliphatic rings. The van der Waals surface area contributed by atoms with Gasteiger partial charge < -0.3 is 0 Å². The molecule has 4 N–H and O–H groups in total. The maximum absolute atomic E-state index is 5.77. The molecule has 0 amide bonds. The number of hydrazine groups is 1. The molecular weight excluding hydrogens is 164 g/mol. The normalized spacial score (nSPS) is 20.6. The van der Waals surface area contributed by atoms with Crippen LogP contribution in [0.3, 0.4) is 0 Å². The summed E-state index contributed by atoms with van der Waals surface area (Å²) in [6, 6.07) is 0. The maximum Gasteiger partial charge on any atom is 0.180 e. The Balaban J connectivity index is 2.82. The van der Waals surface area contributed by atoms with Crippen LogP contribution < -0.4 is 11.3 Å². The van der Waals surface area contributed by atoms with Crippen molar-refractivity contribution in [3.63, 3.8) is 0 Å². The fourth-order valence-corrected chi connectivity index (χ4v) is 1.89. The van der Waals surface area contributed by atoms with E-state index in [4.69, 9.17) is 5.84 Å². The molecule has 0 aliphatic heterocycles. The van der Waals surface area contributed by atoms with E-state index in [-0.39, 0.29) is 5.41 Å². The molecule has 0 radical (unpaired) electrons. The minimum Gasteiger partial charge on any atom is -0.297 e. The van der Waals surface area contributed by atoms with Crippen LogP contribution >= 0.6 is 0 Å². The lowest BCUT2D eigenvalue weighted by atomic mass is 9.91. The Morgan fingerprint density at radius 3 is 2.31 bits per heavy atom. The predicted octanol–water partition coefficient (Wildman–Crippen LogP) is -0.265. The van der Waals surface area contributed by atoms with Crippen LogP contribution in [-0.4, -0.2) is 24.9 Å². The van der Waals surface area contributed by atoms with Crippen LogP contribution in [0, 0.1) is 11.3 Å². The average molecular weight is 185 g/mol. The number of nitrogens with zero attached hydrogens (tertiary/aromatic N) is 2.